The summed E-state index contributed by atoms with van der Waals surface area (Å²) >= 11 is 12.0. The first-order valence-electron chi connectivity index (χ1n) is 7.92. The molecule has 0 bridgehead atoms. The highest BCUT2D eigenvalue weighted by Gasteiger charge is 2.22. The highest BCUT2D eigenvalue weighted by Crippen LogP contribution is 2.25. The number of hydrogen-bond donors (Lipinski definition) is 3. The Hall–Kier alpha value is -1.02. The quantitative estimate of drug-likeness (QED) is 0.478. The van der Waals surface area contributed by atoms with Gasteiger partial charge in [-0.1, -0.05) is 29.3 Å². The van der Waals surface area contributed by atoms with Crippen LogP contribution in [-0.2, 0) is 10.0 Å². The maximum absolute atomic E-state index is 11.4. The molecule has 0 fully saturated rings. The molecule has 0 spiro atoms. The van der Waals surface area contributed by atoms with Crippen LogP contribution in [0.4, 0.5) is 0 Å². The number of benzene rings is 1. The van der Waals surface area contributed by atoms with E-state index in [4.69, 9.17) is 23.2 Å². The Bertz CT molecular complexity index is 721. The van der Waals surface area contributed by atoms with Crippen molar-refractivity contribution in [3.8, 4) is 0 Å². The second kappa shape index (κ2) is 9.07. The first kappa shape index (κ1) is 22.0. The molecule has 0 aliphatic rings. The van der Waals surface area contributed by atoms with Crippen LogP contribution in [0.3, 0.4) is 0 Å². The van der Waals surface area contributed by atoms with Gasteiger partial charge in [0.15, 0.2) is 5.96 Å². The van der Waals surface area contributed by atoms with Gasteiger partial charge in [0.05, 0.1) is 28.9 Å². The summed E-state index contributed by atoms with van der Waals surface area (Å²) < 4.78 is 25.4. The van der Waals surface area contributed by atoms with E-state index < -0.39 is 15.6 Å². The van der Waals surface area contributed by atoms with E-state index in [9.17, 15) is 8.42 Å². The normalized spacial score (nSPS) is 14.3. The summed E-state index contributed by atoms with van der Waals surface area (Å²) in [6.45, 7) is 8.46. The minimum absolute atomic E-state index is 0.0569. The molecule has 0 aliphatic carbocycles. The fraction of sp³-hybridized carbons (Fsp3) is 0.562. The van der Waals surface area contributed by atoms with Crippen LogP contribution in [0, 0.1) is 0 Å². The molecule has 1 aromatic carbocycles. The summed E-state index contributed by atoms with van der Waals surface area (Å²) in [7, 11) is -3.30. The van der Waals surface area contributed by atoms with Crippen molar-refractivity contribution in [1.29, 1.82) is 0 Å². The van der Waals surface area contributed by atoms with E-state index >= 15 is 0 Å². The first-order valence-corrected chi connectivity index (χ1v) is 10.6. The van der Waals surface area contributed by atoms with E-state index in [2.05, 4.69) is 20.3 Å². The van der Waals surface area contributed by atoms with Crippen LogP contribution in [0.15, 0.2) is 23.2 Å². The molecule has 0 saturated heterocycles. The molecule has 0 radical (unpaired) electrons. The molecule has 142 valence electrons. The molecular formula is C16H26Cl2N4O2S. The fourth-order valence-corrected chi connectivity index (χ4v) is 3.58. The molecule has 0 aliphatic heterocycles. The van der Waals surface area contributed by atoms with Gasteiger partial charge in [0.1, 0.15) is 0 Å². The fourth-order valence-electron chi connectivity index (χ4n) is 2.20. The number of nitrogens with zero attached hydrogens (tertiary/aromatic N) is 1. The molecule has 0 heterocycles. The van der Waals surface area contributed by atoms with Gasteiger partial charge in [0.2, 0.25) is 10.0 Å². The number of guanidine groups is 1. The van der Waals surface area contributed by atoms with E-state index in [-0.39, 0.29) is 12.6 Å². The van der Waals surface area contributed by atoms with Crippen molar-refractivity contribution < 1.29 is 8.42 Å². The molecule has 1 aromatic rings. The van der Waals surface area contributed by atoms with Crippen LogP contribution in [0.5, 0.6) is 0 Å². The number of rotatable bonds is 7. The number of aliphatic imine (C=N–C) groups is 1. The third-order valence-corrected chi connectivity index (χ3v) is 4.90. The van der Waals surface area contributed by atoms with E-state index in [1.807, 2.05) is 19.9 Å². The third kappa shape index (κ3) is 8.27. The van der Waals surface area contributed by atoms with Crippen molar-refractivity contribution in [2.75, 3.05) is 19.3 Å². The number of nitrogens with one attached hydrogen (secondary N) is 3. The summed E-state index contributed by atoms with van der Waals surface area (Å²) in [5.74, 6) is 0.587. The molecule has 1 atom stereocenters. The lowest BCUT2D eigenvalue weighted by atomic mass is 10.1. The standard InChI is InChI=1S/C16H26Cl2N4O2S/c1-6-19-15(20-10-16(3,4)22-25(5,23)24)21-11(2)12-7-8-13(17)14(18)9-12/h7-9,11,22H,6,10H2,1-5H3,(H2,19,20,21). The zero-order valence-corrected chi connectivity index (χ0v) is 17.5. The molecule has 1 unspecified atom stereocenters. The predicted octanol–water partition coefficient (Wildman–Crippen LogP) is 2.94. The molecule has 0 aromatic heterocycles. The Labute approximate surface area is 160 Å². The van der Waals surface area contributed by atoms with E-state index in [0.29, 0.717) is 22.5 Å². The predicted molar refractivity (Wildman–Crippen MR) is 106 cm³/mol. The van der Waals surface area contributed by atoms with Gasteiger partial charge in [-0.3, -0.25) is 4.99 Å². The Morgan fingerprint density at radius 3 is 2.44 bits per heavy atom. The van der Waals surface area contributed by atoms with Crippen LogP contribution in [0.1, 0.15) is 39.3 Å². The van der Waals surface area contributed by atoms with Gasteiger partial charge >= 0.3 is 0 Å². The van der Waals surface area contributed by atoms with Gasteiger partial charge in [-0.05, 0) is 45.4 Å². The molecule has 3 N–H and O–H groups in total. The SMILES string of the molecule is CCNC(=NCC(C)(C)NS(C)(=O)=O)NC(C)c1ccc(Cl)c(Cl)c1. The van der Waals surface area contributed by atoms with Crippen molar-refractivity contribution in [2.45, 2.75) is 39.3 Å². The second-order valence-electron chi connectivity index (χ2n) is 6.49. The third-order valence-electron chi connectivity index (χ3n) is 3.24. The van der Waals surface area contributed by atoms with Crippen molar-refractivity contribution in [3.05, 3.63) is 33.8 Å². The molecule has 25 heavy (non-hydrogen) atoms. The summed E-state index contributed by atoms with van der Waals surface area (Å²) in [5, 5.41) is 7.42. The van der Waals surface area contributed by atoms with Crippen LogP contribution >= 0.6 is 23.2 Å². The van der Waals surface area contributed by atoms with Crippen molar-refractivity contribution >= 4 is 39.2 Å². The minimum Gasteiger partial charge on any atom is -0.357 e. The van der Waals surface area contributed by atoms with Gasteiger partial charge in [-0.15, -0.1) is 0 Å². The highest BCUT2D eigenvalue weighted by atomic mass is 35.5. The van der Waals surface area contributed by atoms with Gasteiger partial charge in [0, 0.05) is 12.1 Å². The number of hydrogen-bond acceptors (Lipinski definition) is 3. The van der Waals surface area contributed by atoms with Crippen LogP contribution in [-0.4, -0.2) is 39.3 Å². The largest absolute Gasteiger partial charge is 0.357 e. The van der Waals surface area contributed by atoms with E-state index in [1.54, 1.807) is 26.0 Å². The highest BCUT2D eigenvalue weighted by molar-refractivity contribution is 7.88. The monoisotopic (exact) mass is 408 g/mol. The summed E-state index contributed by atoms with van der Waals surface area (Å²) in [4.78, 5) is 4.48. The van der Waals surface area contributed by atoms with Gasteiger partial charge < -0.3 is 10.6 Å². The topological polar surface area (TPSA) is 82.6 Å². The smallest absolute Gasteiger partial charge is 0.209 e. The number of halogens is 2. The lowest BCUT2D eigenvalue weighted by Gasteiger charge is -2.24. The minimum atomic E-state index is -3.30. The average Bonchev–Trinajstić information content (AvgIpc) is 2.45. The zero-order valence-electron chi connectivity index (χ0n) is 15.2. The Kier molecular flexibility index (Phi) is 7.99. The second-order valence-corrected chi connectivity index (χ2v) is 9.06. The summed E-state index contributed by atoms with van der Waals surface area (Å²) in [6, 6.07) is 5.39. The van der Waals surface area contributed by atoms with Crippen LogP contribution in [0.2, 0.25) is 10.0 Å². The van der Waals surface area contributed by atoms with Gasteiger partial charge in [-0.2, -0.15) is 0 Å². The van der Waals surface area contributed by atoms with E-state index in [1.165, 1.54) is 0 Å². The molecule has 1 rings (SSSR count). The lowest BCUT2D eigenvalue weighted by Crippen LogP contribution is -2.47. The van der Waals surface area contributed by atoms with Crippen LogP contribution < -0.4 is 15.4 Å². The maximum Gasteiger partial charge on any atom is 0.209 e. The number of sulfonamides is 1. The Morgan fingerprint density at radius 1 is 1.28 bits per heavy atom. The lowest BCUT2D eigenvalue weighted by molar-refractivity contribution is 0.464. The van der Waals surface area contributed by atoms with Gasteiger partial charge in [-0.25, -0.2) is 13.1 Å². The molecule has 6 nitrogen and oxygen atoms in total. The zero-order chi connectivity index (χ0) is 19.3. The van der Waals surface area contributed by atoms with Gasteiger partial charge in [0.25, 0.3) is 0 Å². The van der Waals surface area contributed by atoms with E-state index in [0.717, 1.165) is 11.8 Å². The van der Waals surface area contributed by atoms with Crippen LogP contribution in [0.25, 0.3) is 0 Å². The maximum atomic E-state index is 11.4. The van der Waals surface area contributed by atoms with Crippen molar-refractivity contribution in [3.63, 3.8) is 0 Å². The van der Waals surface area contributed by atoms with Crippen molar-refractivity contribution in [2.24, 2.45) is 4.99 Å². The first-order chi connectivity index (χ1) is 11.4. The molecule has 0 amide bonds. The Balaban J connectivity index is 2.86. The summed E-state index contributed by atoms with van der Waals surface area (Å²) in [5.41, 5.74) is 0.275. The van der Waals surface area contributed by atoms with Crippen molar-refractivity contribution in [1.82, 2.24) is 15.4 Å². The Morgan fingerprint density at radius 2 is 1.92 bits per heavy atom. The average molecular weight is 409 g/mol. The molecular weight excluding hydrogens is 383 g/mol. The molecule has 0 saturated carbocycles. The summed E-state index contributed by atoms with van der Waals surface area (Å²) in [6.07, 6.45) is 1.13. The molecule has 9 heteroatoms.